The highest BCUT2D eigenvalue weighted by atomic mass is 16.5. The molecule has 0 aromatic heterocycles. The van der Waals surface area contributed by atoms with Gasteiger partial charge < -0.3 is 16.2 Å². The van der Waals surface area contributed by atoms with Crippen LogP contribution in [-0.4, -0.2) is 26.3 Å². The molecule has 10 heavy (non-hydrogen) atoms. The van der Waals surface area contributed by atoms with Gasteiger partial charge in [-0.3, -0.25) is 0 Å². The van der Waals surface area contributed by atoms with Gasteiger partial charge in [0.15, 0.2) is 0 Å². The van der Waals surface area contributed by atoms with Crippen LogP contribution in [0.15, 0.2) is 0 Å². The van der Waals surface area contributed by atoms with E-state index in [1.165, 1.54) is 0 Å². The van der Waals surface area contributed by atoms with Crippen molar-refractivity contribution < 1.29 is 4.74 Å². The summed E-state index contributed by atoms with van der Waals surface area (Å²) >= 11 is 0. The lowest BCUT2D eigenvalue weighted by atomic mass is 9.87. The lowest BCUT2D eigenvalue weighted by Crippen LogP contribution is -2.53. The van der Waals surface area contributed by atoms with Crippen LogP contribution in [-0.2, 0) is 4.74 Å². The Morgan fingerprint density at radius 3 is 1.60 bits per heavy atom. The van der Waals surface area contributed by atoms with E-state index in [4.69, 9.17) is 16.2 Å². The van der Waals surface area contributed by atoms with Crippen molar-refractivity contribution in [2.24, 2.45) is 16.9 Å². The van der Waals surface area contributed by atoms with Gasteiger partial charge >= 0.3 is 0 Å². The van der Waals surface area contributed by atoms with Crippen molar-refractivity contribution in [3.63, 3.8) is 0 Å². The lowest BCUT2D eigenvalue weighted by molar-refractivity contribution is -0.100. The number of hydrogen-bond acceptors (Lipinski definition) is 3. The van der Waals surface area contributed by atoms with Crippen LogP contribution in [0.4, 0.5) is 0 Å². The minimum atomic E-state index is 0.139. The molecule has 1 aliphatic rings. The van der Waals surface area contributed by atoms with Crippen molar-refractivity contribution >= 4 is 0 Å². The molecule has 0 aromatic carbocycles. The minimum absolute atomic E-state index is 0.139. The normalized spacial score (nSPS) is 20.4. The molecule has 1 saturated heterocycles. The Kier molecular flexibility index (Phi) is 4.60. The number of nitrogens with two attached hydrogens (primary N) is 2. The first-order valence-corrected chi connectivity index (χ1v) is 3.81. The van der Waals surface area contributed by atoms with Crippen LogP contribution in [0.3, 0.4) is 0 Å². The van der Waals surface area contributed by atoms with E-state index in [-0.39, 0.29) is 5.41 Å². The first-order chi connectivity index (χ1) is 4.83. The summed E-state index contributed by atoms with van der Waals surface area (Å²) < 4.78 is 4.96. The standard InChI is InChI=1S/C5H12N2O.C2H6/c6-1-5(2-7)3-8-4-5;1-2/h1-4,6-7H2;1-2H3. The van der Waals surface area contributed by atoms with Crippen molar-refractivity contribution in [1.82, 2.24) is 0 Å². The molecule has 0 aliphatic carbocycles. The Morgan fingerprint density at radius 2 is 1.60 bits per heavy atom. The van der Waals surface area contributed by atoms with Crippen LogP contribution in [0.2, 0.25) is 0 Å². The summed E-state index contributed by atoms with van der Waals surface area (Å²) in [5.74, 6) is 0. The van der Waals surface area contributed by atoms with E-state index in [0.717, 1.165) is 13.2 Å². The molecule has 3 heteroatoms. The maximum absolute atomic E-state index is 5.42. The molecule has 0 aromatic rings. The molecule has 1 aliphatic heterocycles. The molecule has 0 saturated carbocycles. The molecule has 3 nitrogen and oxygen atoms in total. The molecule has 0 spiro atoms. The van der Waals surface area contributed by atoms with E-state index in [1.807, 2.05) is 13.8 Å². The minimum Gasteiger partial charge on any atom is -0.380 e. The molecule has 0 amide bonds. The molecule has 1 heterocycles. The fourth-order valence-corrected chi connectivity index (χ4v) is 0.710. The Labute approximate surface area is 62.7 Å². The fraction of sp³-hybridized carbons (Fsp3) is 1.00. The van der Waals surface area contributed by atoms with Crippen molar-refractivity contribution in [3.8, 4) is 0 Å². The molecular formula is C7H18N2O. The van der Waals surface area contributed by atoms with Gasteiger partial charge in [0.1, 0.15) is 0 Å². The van der Waals surface area contributed by atoms with E-state index in [2.05, 4.69) is 0 Å². The number of rotatable bonds is 2. The average molecular weight is 146 g/mol. The van der Waals surface area contributed by atoms with Gasteiger partial charge in [-0.05, 0) is 0 Å². The van der Waals surface area contributed by atoms with E-state index < -0.39 is 0 Å². The molecule has 0 unspecified atom stereocenters. The third kappa shape index (κ3) is 1.94. The van der Waals surface area contributed by atoms with E-state index in [9.17, 15) is 0 Å². The van der Waals surface area contributed by atoms with Crippen molar-refractivity contribution in [1.29, 1.82) is 0 Å². The zero-order valence-electron chi connectivity index (χ0n) is 6.89. The third-order valence-electron chi connectivity index (χ3n) is 1.68. The molecule has 4 N–H and O–H groups in total. The summed E-state index contributed by atoms with van der Waals surface area (Å²) in [4.78, 5) is 0. The molecule has 62 valence electrons. The van der Waals surface area contributed by atoms with E-state index >= 15 is 0 Å². The third-order valence-corrected chi connectivity index (χ3v) is 1.68. The maximum Gasteiger partial charge on any atom is 0.0569 e. The van der Waals surface area contributed by atoms with Crippen LogP contribution in [0.5, 0.6) is 0 Å². The van der Waals surface area contributed by atoms with Gasteiger partial charge in [0, 0.05) is 18.5 Å². The van der Waals surface area contributed by atoms with Crippen molar-refractivity contribution in [2.45, 2.75) is 13.8 Å². The van der Waals surface area contributed by atoms with E-state index in [0.29, 0.717) is 13.1 Å². The monoisotopic (exact) mass is 146 g/mol. The summed E-state index contributed by atoms with van der Waals surface area (Å²) in [6.45, 7) is 6.81. The maximum atomic E-state index is 5.42. The summed E-state index contributed by atoms with van der Waals surface area (Å²) in [5, 5.41) is 0. The summed E-state index contributed by atoms with van der Waals surface area (Å²) in [6.07, 6.45) is 0. The Morgan fingerprint density at radius 1 is 1.20 bits per heavy atom. The average Bonchev–Trinajstić information content (AvgIpc) is 1.93. The highest BCUT2D eigenvalue weighted by molar-refractivity contribution is 4.86. The molecule has 0 atom stereocenters. The van der Waals surface area contributed by atoms with Gasteiger partial charge in [-0.1, -0.05) is 13.8 Å². The first-order valence-electron chi connectivity index (χ1n) is 3.81. The Bertz CT molecular complexity index is 68.2. The van der Waals surface area contributed by atoms with E-state index in [1.54, 1.807) is 0 Å². The summed E-state index contributed by atoms with van der Waals surface area (Å²) in [7, 11) is 0. The zero-order chi connectivity index (χ0) is 8.04. The second-order valence-electron chi connectivity index (χ2n) is 2.40. The number of ether oxygens (including phenoxy) is 1. The van der Waals surface area contributed by atoms with Crippen molar-refractivity contribution in [3.05, 3.63) is 0 Å². The van der Waals surface area contributed by atoms with Crippen molar-refractivity contribution in [2.75, 3.05) is 26.3 Å². The highest BCUT2D eigenvalue weighted by Crippen LogP contribution is 2.23. The predicted octanol–water partition coefficient (Wildman–Crippen LogP) is -0.0534. The first kappa shape index (κ1) is 9.88. The Hall–Kier alpha value is -0.120. The largest absolute Gasteiger partial charge is 0.380 e. The van der Waals surface area contributed by atoms with Gasteiger partial charge in [0.05, 0.1) is 13.2 Å². The summed E-state index contributed by atoms with van der Waals surface area (Å²) in [6, 6.07) is 0. The van der Waals surface area contributed by atoms with Gasteiger partial charge in [-0.15, -0.1) is 0 Å². The lowest BCUT2D eigenvalue weighted by Gasteiger charge is -2.39. The van der Waals surface area contributed by atoms with Gasteiger partial charge in [-0.2, -0.15) is 0 Å². The fourth-order valence-electron chi connectivity index (χ4n) is 0.710. The molecule has 1 fully saturated rings. The second kappa shape index (κ2) is 4.66. The van der Waals surface area contributed by atoms with Gasteiger partial charge in [-0.25, -0.2) is 0 Å². The molecule has 1 rings (SSSR count). The van der Waals surface area contributed by atoms with Crippen LogP contribution in [0, 0.1) is 5.41 Å². The van der Waals surface area contributed by atoms with Gasteiger partial charge in [0.25, 0.3) is 0 Å². The van der Waals surface area contributed by atoms with Crippen LogP contribution in [0.25, 0.3) is 0 Å². The van der Waals surface area contributed by atoms with Crippen LogP contribution in [0.1, 0.15) is 13.8 Å². The predicted molar refractivity (Wildman–Crippen MR) is 42.7 cm³/mol. The molecule has 0 radical (unpaired) electrons. The Balaban J connectivity index is 0.000000371. The second-order valence-corrected chi connectivity index (χ2v) is 2.40. The number of hydrogen-bond donors (Lipinski definition) is 2. The molecule has 0 bridgehead atoms. The summed E-state index contributed by atoms with van der Waals surface area (Å²) in [5.41, 5.74) is 11.0. The highest BCUT2D eigenvalue weighted by Gasteiger charge is 2.35. The zero-order valence-corrected chi connectivity index (χ0v) is 6.89. The quantitative estimate of drug-likeness (QED) is 0.574. The van der Waals surface area contributed by atoms with Crippen LogP contribution >= 0.6 is 0 Å². The van der Waals surface area contributed by atoms with Gasteiger partial charge in [0.2, 0.25) is 0 Å². The molecular weight excluding hydrogens is 128 g/mol. The smallest absolute Gasteiger partial charge is 0.0569 e. The van der Waals surface area contributed by atoms with Crippen LogP contribution < -0.4 is 11.5 Å². The SMILES string of the molecule is CC.NCC1(CN)COC1. The topological polar surface area (TPSA) is 61.3 Å².